The van der Waals surface area contributed by atoms with Gasteiger partial charge in [-0.15, -0.1) is 0 Å². The van der Waals surface area contributed by atoms with Gasteiger partial charge in [0.15, 0.2) is 8.32 Å². The topological polar surface area (TPSA) is 31.0 Å². The van der Waals surface area contributed by atoms with E-state index < -0.39 is 8.32 Å². The van der Waals surface area contributed by atoms with Crippen molar-refractivity contribution >= 4 is 8.32 Å². The van der Waals surface area contributed by atoms with E-state index in [2.05, 4.69) is 85.0 Å². The lowest BCUT2D eigenvalue weighted by Gasteiger charge is -2.62. The van der Waals surface area contributed by atoms with Crippen molar-refractivity contribution in [2.24, 2.45) is 46.3 Å². The van der Waals surface area contributed by atoms with Gasteiger partial charge in [0.1, 0.15) is 0 Å². The SMILES string of the molecule is C[C@H](COCc1ccccc1)[C@H]1[C@H]2O[C@H]2[C@H]2[C@@H]3CCC4C[C@@H](O[Si](C)(C)C(C)(C)C)CC[C@]4(C)[C@H]3CC[C@@]21C. The molecule has 0 bridgehead atoms. The van der Waals surface area contributed by atoms with Gasteiger partial charge in [-0.3, -0.25) is 0 Å². The van der Waals surface area contributed by atoms with Crippen LogP contribution in [0.3, 0.4) is 0 Å². The Hall–Kier alpha value is -0.683. The van der Waals surface area contributed by atoms with Crippen LogP contribution in [0.5, 0.6) is 0 Å². The summed E-state index contributed by atoms with van der Waals surface area (Å²) in [6, 6.07) is 10.6. The third kappa shape index (κ3) is 4.82. The zero-order chi connectivity index (χ0) is 27.8. The van der Waals surface area contributed by atoms with Crippen molar-refractivity contribution in [1.82, 2.24) is 0 Å². The summed E-state index contributed by atoms with van der Waals surface area (Å²) in [5.41, 5.74) is 2.18. The molecular weight excluding hydrogens is 496 g/mol. The zero-order valence-corrected chi connectivity index (χ0v) is 27.2. The van der Waals surface area contributed by atoms with Crippen molar-refractivity contribution in [1.29, 1.82) is 0 Å². The number of fused-ring (bicyclic) bond motifs is 7. The molecule has 218 valence electrons. The number of rotatable bonds is 7. The van der Waals surface area contributed by atoms with Gasteiger partial charge in [0.25, 0.3) is 0 Å². The van der Waals surface area contributed by atoms with Crippen LogP contribution < -0.4 is 0 Å². The minimum absolute atomic E-state index is 0.294. The van der Waals surface area contributed by atoms with E-state index in [9.17, 15) is 0 Å². The fourth-order valence-corrected chi connectivity index (χ4v) is 11.7. The summed E-state index contributed by atoms with van der Waals surface area (Å²) < 4.78 is 19.8. The van der Waals surface area contributed by atoms with Crippen LogP contribution in [0.25, 0.3) is 0 Å². The van der Waals surface area contributed by atoms with E-state index in [4.69, 9.17) is 13.9 Å². The molecule has 39 heavy (non-hydrogen) atoms. The Morgan fingerprint density at radius 2 is 1.69 bits per heavy atom. The first-order valence-electron chi connectivity index (χ1n) is 16.3. The standard InChI is InChI=1S/C35H56O3Si/c1-23(21-36-22-24-12-10-9-11-13-24)29-31-32(37-31)30-27-15-14-25-20-26(38-39(7,8)33(2,3)4)16-18-34(25,5)28(27)17-19-35(29,30)6/h9-13,23,25-32H,14-22H2,1-8H3/t23-,25?,26+,27-,28+,29+,30-,31-,32+,34+,35-/m1/s1. The molecule has 0 spiro atoms. The molecule has 5 fully saturated rings. The second-order valence-corrected chi connectivity index (χ2v) is 21.2. The van der Waals surface area contributed by atoms with Gasteiger partial charge >= 0.3 is 0 Å². The highest BCUT2D eigenvalue weighted by Gasteiger charge is 2.72. The molecule has 4 aliphatic carbocycles. The smallest absolute Gasteiger partial charge is 0.192 e. The second-order valence-electron chi connectivity index (χ2n) is 16.5. The molecule has 6 rings (SSSR count). The second kappa shape index (κ2) is 9.95. The van der Waals surface area contributed by atoms with E-state index in [1.54, 1.807) is 0 Å². The lowest BCUT2D eigenvalue weighted by atomic mass is 9.44. The average molecular weight is 553 g/mol. The third-order valence-corrected chi connectivity index (χ3v) is 17.9. The largest absolute Gasteiger partial charge is 0.414 e. The van der Waals surface area contributed by atoms with Crippen molar-refractivity contribution in [2.45, 2.75) is 130 Å². The Bertz CT molecular complexity index is 1020. The molecule has 0 radical (unpaired) electrons. The maximum absolute atomic E-state index is 6.99. The molecule has 0 N–H and O–H groups in total. The zero-order valence-electron chi connectivity index (χ0n) is 26.2. The molecule has 0 aromatic heterocycles. The summed E-state index contributed by atoms with van der Waals surface area (Å²) in [6.45, 7) is 21.4. The molecule has 4 heteroatoms. The van der Waals surface area contributed by atoms with E-state index in [1.807, 2.05) is 0 Å². The van der Waals surface area contributed by atoms with Crippen LogP contribution in [-0.4, -0.2) is 33.2 Å². The Balaban J connectivity index is 1.12. The summed E-state index contributed by atoms with van der Waals surface area (Å²) in [5, 5.41) is 0.294. The maximum Gasteiger partial charge on any atom is 0.192 e. The third-order valence-electron chi connectivity index (χ3n) is 13.3. The summed E-state index contributed by atoms with van der Waals surface area (Å²) >= 11 is 0. The van der Waals surface area contributed by atoms with Gasteiger partial charge in [-0.2, -0.15) is 0 Å². The van der Waals surface area contributed by atoms with E-state index in [-0.39, 0.29) is 0 Å². The number of hydrogen-bond donors (Lipinski definition) is 0. The molecule has 5 aliphatic rings. The van der Waals surface area contributed by atoms with E-state index in [0.29, 0.717) is 46.0 Å². The first-order chi connectivity index (χ1) is 18.3. The van der Waals surface area contributed by atoms with Gasteiger partial charge in [-0.25, -0.2) is 0 Å². The number of hydrogen-bond acceptors (Lipinski definition) is 3. The molecule has 4 saturated carbocycles. The lowest BCUT2D eigenvalue weighted by Crippen LogP contribution is -2.56. The van der Waals surface area contributed by atoms with Gasteiger partial charge in [0, 0.05) is 12.7 Å². The van der Waals surface area contributed by atoms with Crippen molar-refractivity contribution < 1.29 is 13.9 Å². The van der Waals surface area contributed by atoms with Gasteiger partial charge < -0.3 is 13.9 Å². The summed E-state index contributed by atoms with van der Waals surface area (Å²) in [7, 11) is -1.71. The van der Waals surface area contributed by atoms with E-state index in [0.717, 1.165) is 36.9 Å². The Morgan fingerprint density at radius 1 is 0.974 bits per heavy atom. The molecule has 0 amide bonds. The number of ether oxygens (including phenoxy) is 2. The molecule has 3 nitrogen and oxygen atoms in total. The normalized spacial score (nSPS) is 44.1. The minimum Gasteiger partial charge on any atom is -0.414 e. The van der Waals surface area contributed by atoms with Gasteiger partial charge in [0.2, 0.25) is 0 Å². The van der Waals surface area contributed by atoms with Crippen LogP contribution in [0, 0.1) is 46.3 Å². The quantitative estimate of drug-likeness (QED) is 0.250. The first kappa shape index (κ1) is 28.4. The van der Waals surface area contributed by atoms with Crippen molar-refractivity contribution in [2.75, 3.05) is 6.61 Å². The highest BCUT2D eigenvalue weighted by molar-refractivity contribution is 6.74. The average Bonchev–Trinajstić information content (AvgIpc) is 3.57. The minimum atomic E-state index is -1.71. The van der Waals surface area contributed by atoms with Crippen LogP contribution in [-0.2, 0) is 20.5 Å². The molecule has 11 atom stereocenters. The fourth-order valence-electron chi connectivity index (χ4n) is 10.3. The summed E-state index contributed by atoms with van der Waals surface area (Å²) in [4.78, 5) is 0. The van der Waals surface area contributed by atoms with Crippen LogP contribution in [0.15, 0.2) is 30.3 Å². The van der Waals surface area contributed by atoms with Gasteiger partial charge in [-0.1, -0.05) is 71.9 Å². The van der Waals surface area contributed by atoms with Crippen LogP contribution >= 0.6 is 0 Å². The monoisotopic (exact) mass is 552 g/mol. The molecule has 1 aromatic rings. The maximum atomic E-state index is 6.99. The fraction of sp³-hybridized carbons (Fsp3) is 0.829. The number of epoxide rings is 1. The molecule has 1 aromatic carbocycles. The van der Waals surface area contributed by atoms with Crippen LogP contribution in [0.1, 0.15) is 92.1 Å². The first-order valence-corrected chi connectivity index (χ1v) is 19.2. The Labute approximate surface area is 240 Å². The molecule has 1 heterocycles. The predicted octanol–water partition coefficient (Wildman–Crippen LogP) is 8.88. The molecule has 1 saturated heterocycles. The predicted molar refractivity (Wildman–Crippen MR) is 162 cm³/mol. The van der Waals surface area contributed by atoms with Gasteiger partial charge in [0.05, 0.1) is 18.8 Å². The Morgan fingerprint density at radius 3 is 2.41 bits per heavy atom. The molecule has 1 unspecified atom stereocenters. The summed E-state index contributed by atoms with van der Waals surface area (Å²) in [5.74, 6) is 4.50. The molecule has 1 aliphatic heterocycles. The lowest BCUT2D eigenvalue weighted by molar-refractivity contribution is -0.147. The van der Waals surface area contributed by atoms with Crippen molar-refractivity contribution in [3.63, 3.8) is 0 Å². The van der Waals surface area contributed by atoms with E-state index >= 15 is 0 Å². The Kier molecular flexibility index (Phi) is 7.26. The highest BCUT2D eigenvalue weighted by Crippen LogP contribution is 2.72. The van der Waals surface area contributed by atoms with Crippen molar-refractivity contribution in [3.8, 4) is 0 Å². The van der Waals surface area contributed by atoms with Crippen LogP contribution in [0.2, 0.25) is 18.1 Å². The van der Waals surface area contributed by atoms with Crippen molar-refractivity contribution in [3.05, 3.63) is 35.9 Å². The van der Waals surface area contributed by atoms with Gasteiger partial charge in [-0.05, 0) is 115 Å². The van der Waals surface area contributed by atoms with E-state index in [1.165, 1.54) is 50.5 Å². The number of benzene rings is 1. The highest BCUT2D eigenvalue weighted by atomic mass is 28.4. The van der Waals surface area contributed by atoms with Crippen LogP contribution in [0.4, 0.5) is 0 Å². The summed E-state index contributed by atoms with van der Waals surface area (Å²) in [6.07, 6.45) is 11.0. The molecular formula is C35H56O3Si.